The van der Waals surface area contributed by atoms with E-state index in [2.05, 4.69) is 75.0 Å². The van der Waals surface area contributed by atoms with E-state index in [1.165, 1.54) is 47.1 Å². The maximum Gasteiger partial charge on any atom is 0.333 e. The van der Waals surface area contributed by atoms with Crippen molar-refractivity contribution in [2.24, 2.45) is 11.3 Å². The molecule has 0 bridgehead atoms. The highest BCUT2D eigenvalue weighted by atomic mass is 16.5. The number of rotatable bonds is 18. The average Bonchev–Trinajstić information content (AvgIpc) is 3.04. The molecule has 0 saturated carbocycles. The highest BCUT2D eigenvalue weighted by Crippen LogP contribution is 2.34. The van der Waals surface area contributed by atoms with Crippen molar-refractivity contribution in [1.29, 1.82) is 0 Å². The lowest BCUT2D eigenvalue weighted by Crippen LogP contribution is -2.36. The van der Waals surface area contributed by atoms with Gasteiger partial charge in [-0.05, 0) is 102 Å². The van der Waals surface area contributed by atoms with Crippen LogP contribution in [0.25, 0.3) is 22.3 Å². The van der Waals surface area contributed by atoms with Crippen molar-refractivity contribution in [2.45, 2.75) is 99.0 Å². The Labute approximate surface area is 277 Å². The molecule has 2 N–H and O–H groups in total. The molecule has 3 aromatic rings. The number of aryl methyl sites for hydroxylation is 3. The summed E-state index contributed by atoms with van der Waals surface area (Å²) in [6, 6.07) is 22.0. The fraction of sp³-hybridized carbons (Fsp3) is 0.488. The van der Waals surface area contributed by atoms with E-state index in [4.69, 9.17) is 9.47 Å². The lowest BCUT2D eigenvalue weighted by atomic mass is 9.80. The molecule has 250 valence electrons. The van der Waals surface area contributed by atoms with E-state index >= 15 is 0 Å². The van der Waals surface area contributed by atoms with Gasteiger partial charge in [-0.3, -0.25) is 0 Å². The van der Waals surface area contributed by atoms with E-state index in [0.29, 0.717) is 38.0 Å². The number of aliphatic hydroxyl groups is 2. The third-order valence-corrected chi connectivity index (χ3v) is 8.70. The second-order valence-corrected chi connectivity index (χ2v) is 13.6. The number of ether oxygens (including phenoxy) is 2. The molecule has 5 heteroatoms. The summed E-state index contributed by atoms with van der Waals surface area (Å²) in [4.78, 5) is 11.9. The molecule has 0 aromatic heterocycles. The number of hydrogen-bond acceptors (Lipinski definition) is 5. The highest BCUT2D eigenvalue weighted by Gasteiger charge is 2.30. The average molecular weight is 629 g/mol. The van der Waals surface area contributed by atoms with Gasteiger partial charge in [-0.1, -0.05) is 103 Å². The van der Waals surface area contributed by atoms with Gasteiger partial charge in [0.1, 0.15) is 5.75 Å². The predicted octanol–water partition coefficient (Wildman–Crippen LogP) is 9.15. The summed E-state index contributed by atoms with van der Waals surface area (Å²) >= 11 is 0. The van der Waals surface area contributed by atoms with Crippen LogP contribution in [0.1, 0.15) is 90.3 Å². The fourth-order valence-corrected chi connectivity index (χ4v) is 5.80. The summed E-state index contributed by atoms with van der Waals surface area (Å²) in [6.07, 6.45) is 7.00. The second-order valence-electron chi connectivity index (χ2n) is 13.6. The molecule has 2 unspecified atom stereocenters. The lowest BCUT2D eigenvalue weighted by Gasteiger charge is -2.32. The molecule has 0 aliphatic carbocycles. The van der Waals surface area contributed by atoms with Crippen LogP contribution in [0.3, 0.4) is 0 Å². The molecule has 0 fully saturated rings. The monoisotopic (exact) mass is 628 g/mol. The van der Waals surface area contributed by atoms with E-state index < -0.39 is 6.10 Å². The first-order chi connectivity index (χ1) is 22.0. The minimum atomic E-state index is -0.634. The standard InChI is InChI=1S/C41H56O5/c1-8-10-11-13-30-15-17-32(18-16-30)33-19-21-37(31(9-2)26-33)34-20-22-38(35(27-34)14-12-24-46-40(44)29(3)4)45-25-23-36(28-42)39(43)41(5,6)7/h15-22,26-27,36,39,42-43H,3,8-14,23-25,28H2,1-2,4-7H3. The van der Waals surface area contributed by atoms with E-state index in [1.54, 1.807) is 6.92 Å². The first-order valence-electron chi connectivity index (χ1n) is 17.1. The highest BCUT2D eigenvalue weighted by molar-refractivity contribution is 5.86. The molecule has 3 rings (SSSR count). The first-order valence-corrected chi connectivity index (χ1v) is 17.1. The van der Waals surface area contributed by atoms with E-state index in [1.807, 2.05) is 26.8 Å². The summed E-state index contributed by atoms with van der Waals surface area (Å²) in [5, 5.41) is 20.6. The van der Waals surface area contributed by atoms with Crippen molar-refractivity contribution in [2.75, 3.05) is 19.8 Å². The molecule has 5 nitrogen and oxygen atoms in total. The molecule has 0 saturated heterocycles. The van der Waals surface area contributed by atoms with Gasteiger partial charge in [0.25, 0.3) is 0 Å². The largest absolute Gasteiger partial charge is 0.493 e. The van der Waals surface area contributed by atoms with Crippen LogP contribution in [0.15, 0.2) is 72.8 Å². The number of unbranched alkanes of at least 4 members (excludes halogenated alkanes) is 2. The number of hydrogen-bond donors (Lipinski definition) is 2. The van der Waals surface area contributed by atoms with Crippen molar-refractivity contribution in [1.82, 2.24) is 0 Å². The normalized spacial score (nSPS) is 12.9. The summed E-state index contributed by atoms with van der Waals surface area (Å²) in [6.45, 7) is 16.2. The SMILES string of the molecule is C=C(C)C(=O)OCCCc1cc(-c2ccc(-c3ccc(CCCCC)cc3)cc2CC)ccc1OCCC(CO)C(O)C(C)(C)C. The van der Waals surface area contributed by atoms with Gasteiger partial charge in [-0.25, -0.2) is 4.79 Å². The van der Waals surface area contributed by atoms with Crippen molar-refractivity contribution in [3.05, 3.63) is 89.5 Å². The number of aliphatic hydroxyl groups excluding tert-OH is 2. The number of esters is 1. The quantitative estimate of drug-likeness (QED) is 0.0835. The number of carbonyl (C=O) groups excluding carboxylic acids is 1. The van der Waals surface area contributed by atoms with Crippen LogP contribution in [0, 0.1) is 11.3 Å². The molecule has 0 radical (unpaired) electrons. The molecule has 0 aliphatic rings. The van der Waals surface area contributed by atoms with E-state index in [9.17, 15) is 15.0 Å². The Balaban J connectivity index is 1.83. The molecule has 0 amide bonds. The Bertz CT molecular complexity index is 1400. The summed E-state index contributed by atoms with van der Waals surface area (Å²) in [5.74, 6) is 0.120. The van der Waals surface area contributed by atoms with Crippen LogP contribution in [0.5, 0.6) is 5.75 Å². The van der Waals surface area contributed by atoms with Gasteiger partial charge in [0.05, 0.1) is 19.3 Å². The van der Waals surface area contributed by atoms with Gasteiger partial charge >= 0.3 is 5.97 Å². The number of benzene rings is 3. The van der Waals surface area contributed by atoms with Crippen LogP contribution >= 0.6 is 0 Å². The van der Waals surface area contributed by atoms with Gasteiger partial charge in [-0.15, -0.1) is 0 Å². The zero-order valence-corrected chi connectivity index (χ0v) is 29.0. The van der Waals surface area contributed by atoms with Gasteiger partial charge in [0.2, 0.25) is 0 Å². The summed E-state index contributed by atoms with van der Waals surface area (Å²) in [7, 11) is 0. The Kier molecular flexibility index (Phi) is 14.5. The van der Waals surface area contributed by atoms with Crippen molar-refractivity contribution >= 4 is 5.97 Å². The van der Waals surface area contributed by atoms with Crippen LogP contribution < -0.4 is 4.74 Å². The maximum absolute atomic E-state index is 11.9. The zero-order valence-electron chi connectivity index (χ0n) is 29.0. The minimum Gasteiger partial charge on any atom is -0.493 e. The van der Waals surface area contributed by atoms with Gasteiger partial charge in [-0.2, -0.15) is 0 Å². The molecule has 0 heterocycles. The minimum absolute atomic E-state index is 0.0967. The molecular weight excluding hydrogens is 572 g/mol. The smallest absolute Gasteiger partial charge is 0.333 e. The van der Waals surface area contributed by atoms with E-state index in [-0.39, 0.29) is 23.9 Å². The molecule has 3 aromatic carbocycles. The third-order valence-electron chi connectivity index (χ3n) is 8.70. The third kappa shape index (κ3) is 10.8. The zero-order chi connectivity index (χ0) is 33.7. The topological polar surface area (TPSA) is 76.0 Å². The summed E-state index contributed by atoms with van der Waals surface area (Å²) < 4.78 is 11.6. The Hall–Kier alpha value is -3.41. The molecule has 0 aliphatic heterocycles. The van der Waals surface area contributed by atoms with Crippen molar-refractivity contribution in [3.63, 3.8) is 0 Å². The molecule has 2 atom stereocenters. The molecule has 46 heavy (non-hydrogen) atoms. The Morgan fingerprint density at radius 1 is 0.848 bits per heavy atom. The van der Waals surface area contributed by atoms with E-state index in [0.717, 1.165) is 29.7 Å². The summed E-state index contributed by atoms with van der Waals surface area (Å²) in [5.41, 5.74) is 8.53. The van der Waals surface area contributed by atoms with Crippen molar-refractivity contribution < 1.29 is 24.5 Å². The Morgan fingerprint density at radius 3 is 2.15 bits per heavy atom. The Morgan fingerprint density at radius 2 is 1.52 bits per heavy atom. The van der Waals surface area contributed by atoms with Gasteiger partial charge in [0.15, 0.2) is 0 Å². The molecular formula is C41H56O5. The van der Waals surface area contributed by atoms with Crippen LogP contribution in [0.4, 0.5) is 0 Å². The van der Waals surface area contributed by atoms with Crippen molar-refractivity contribution in [3.8, 4) is 28.0 Å². The number of carbonyl (C=O) groups is 1. The lowest BCUT2D eigenvalue weighted by molar-refractivity contribution is -0.139. The van der Waals surface area contributed by atoms with Crippen LogP contribution in [0.2, 0.25) is 0 Å². The van der Waals surface area contributed by atoms with Crippen LogP contribution in [-0.4, -0.2) is 42.1 Å². The van der Waals surface area contributed by atoms with Gasteiger partial charge in [0, 0.05) is 18.1 Å². The molecule has 0 spiro atoms. The maximum atomic E-state index is 11.9. The second kappa shape index (κ2) is 18.1. The predicted molar refractivity (Wildman–Crippen MR) is 190 cm³/mol. The van der Waals surface area contributed by atoms with Gasteiger partial charge < -0.3 is 19.7 Å². The van der Waals surface area contributed by atoms with Crippen LogP contribution in [-0.2, 0) is 28.8 Å². The first kappa shape index (κ1) is 37.1. The fourth-order valence-electron chi connectivity index (χ4n) is 5.80.